The van der Waals surface area contributed by atoms with Crippen molar-refractivity contribution in [1.29, 1.82) is 0 Å². The number of rotatable bonds is 7. The summed E-state index contributed by atoms with van der Waals surface area (Å²) in [5.74, 6) is 1.23. The maximum Gasteiger partial charge on any atom is 0.258 e. The normalized spacial score (nSPS) is 20.1. The first kappa shape index (κ1) is 24.0. The van der Waals surface area contributed by atoms with Crippen LogP contribution in [0.3, 0.4) is 0 Å². The zero-order chi connectivity index (χ0) is 20.0. The molecule has 2 fully saturated rings. The molecule has 6 heteroatoms. The number of nitrogens with one attached hydrogen (secondary N) is 1. The molecule has 5 nitrogen and oxygen atoms in total. The molecule has 164 valence electrons. The van der Waals surface area contributed by atoms with Crippen molar-refractivity contribution >= 4 is 18.3 Å². The van der Waals surface area contributed by atoms with Crippen LogP contribution in [0.5, 0.6) is 5.75 Å². The Morgan fingerprint density at radius 2 is 1.69 bits per heavy atom. The molecule has 0 spiro atoms. The van der Waals surface area contributed by atoms with Crippen molar-refractivity contribution in [2.75, 3.05) is 46.4 Å². The number of likely N-dealkylation sites (N-methyl/N-ethyl adjacent to an activating group) is 1. The average molecular weight is 424 g/mol. The van der Waals surface area contributed by atoms with E-state index in [4.69, 9.17) is 4.74 Å². The third-order valence-electron chi connectivity index (χ3n) is 6.49. The molecule has 1 aromatic rings. The molecule has 29 heavy (non-hydrogen) atoms. The lowest BCUT2D eigenvalue weighted by atomic mass is 9.79. The van der Waals surface area contributed by atoms with Crippen LogP contribution in [0.2, 0.25) is 0 Å². The van der Waals surface area contributed by atoms with Crippen LogP contribution in [0.15, 0.2) is 24.3 Å². The smallest absolute Gasteiger partial charge is 0.258 e. The molecule has 1 aromatic carbocycles. The fraction of sp³-hybridized carbons (Fsp3) is 0.696. The van der Waals surface area contributed by atoms with Gasteiger partial charge in [-0.1, -0.05) is 45.2 Å². The van der Waals surface area contributed by atoms with E-state index in [2.05, 4.69) is 48.1 Å². The summed E-state index contributed by atoms with van der Waals surface area (Å²) in [7, 11) is 2.19. The molecule has 3 rings (SSSR count). The maximum absolute atomic E-state index is 12.4. The molecular weight excluding hydrogens is 386 g/mol. The molecule has 1 saturated heterocycles. The molecule has 0 aromatic heterocycles. The van der Waals surface area contributed by atoms with Gasteiger partial charge in [0.15, 0.2) is 6.61 Å². The van der Waals surface area contributed by atoms with Gasteiger partial charge in [-0.2, -0.15) is 0 Å². The summed E-state index contributed by atoms with van der Waals surface area (Å²) >= 11 is 0. The molecule has 1 aliphatic heterocycles. The van der Waals surface area contributed by atoms with E-state index in [0.717, 1.165) is 38.5 Å². The van der Waals surface area contributed by atoms with E-state index in [9.17, 15) is 4.79 Å². The lowest BCUT2D eigenvalue weighted by Gasteiger charge is -2.49. The number of amides is 1. The fourth-order valence-electron chi connectivity index (χ4n) is 4.51. The molecule has 1 N–H and O–H groups in total. The van der Waals surface area contributed by atoms with E-state index in [1.807, 2.05) is 12.1 Å². The van der Waals surface area contributed by atoms with Gasteiger partial charge in [0.2, 0.25) is 0 Å². The summed E-state index contributed by atoms with van der Waals surface area (Å²) < 4.78 is 5.70. The van der Waals surface area contributed by atoms with Crippen molar-refractivity contribution < 1.29 is 9.53 Å². The highest BCUT2D eigenvalue weighted by atomic mass is 35.5. The molecule has 0 unspecified atom stereocenters. The second-order valence-corrected chi connectivity index (χ2v) is 8.86. The molecule has 1 heterocycles. The van der Waals surface area contributed by atoms with Gasteiger partial charge in [-0.3, -0.25) is 9.69 Å². The lowest BCUT2D eigenvalue weighted by molar-refractivity contribution is -0.124. The zero-order valence-electron chi connectivity index (χ0n) is 18.3. The third kappa shape index (κ3) is 6.59. The second-order valence-electron chi connectivity index (χ2n) is 8.86. The maximum atomic E-state index is 12.4. The summed E-state index contributed by atoms with van der Waals surface area (Å²) in [6.45, 7) is 9.60. The van der Waals surface area contributed by atoms with Crippen molar-refractivity contribution in [2.45, 2.75) is 57.4 Å². The SMILES string of the molecule is CC(C)c1ccc(OCC(=O)NCC2(N3CCN(C)CC3)CCCCC2)cc1.Cl. The van der Waals surface area contributed by atoms with Gasteiger partial charge in [0.1, 0.15) is 5.75 Å². The van der Waals surface area contributed by atoms with E-state index in [1.54, 1.807) is 0 Å². The first-order valence-corrected chi connectivity index (χ1v) is 10.9. The van der Waals surface area contributed by atoms with Crippen LogP contribution in [0.25, 0.3) is 0 Å². The van der Waals surface area contributed by atoms with Gasteiger partial charge in [-0.05, 0) is 43.5 Å². The number of benzene rings is 1. The van der Waals surface area contributed by atoms with Gasteiger partial charge in [0, 0.05) is 38.3 Å². The number of hydrogen-bond acceptors (Lipinski definition) is 4. The topological polar surface area (TPSA) is 44.8 Å². The first-order chi connectivity index (χ1) is 13.5. The van der Waals surface area contributed by atoms with E-state index in [-0.39, 0.29) is 30.5 Å². The van der Waals surface area contributed by atoms with Crippen molar-refractivity contribution in [3.05, 3.63) is 29.8 Å². The van der Waals surface area contributed by atoms with E-state index in [1.165, 1.54) is 37.7 Å². The minimum atomic E-state index is -0.0213. The quantitative estimate of drug-likeness (QED) is 0.726. The van der Waals surface area contributed by atoms with Crippen LogP contribution in [-0.2, 0) is 4.79 Å². The average Bonchev–Trinajstić information content (AvgIpc) is 2.72. The Hall–Kier alpha value is -1.30. The Labute approximate surface area is 182 Å². The van der Waals surface area contributed by atoms with Gasteiger partial charge in [0.25, 0.3) is 5.91 Å². The standard InChI is InChI=1S/C23H37N3O2.ClH/c1-19(2)20-7-9-21(10-8-20)28-17-22(27)24-18-23(11-5-4-6-12-23)26-15-13-25(3)14-16-26;/h7-10,19H,4-6,11-18H2,1-3H3,(H,24,27);1H. The summed E-state index contributed by atoms with van der Waals surface area (Å²) in [4.78, 5) is 17.5. The second kappa shape index (κ2) is 11.2. The fourth-order valence-corrected chi connectivity index (χ4v) is 4.51. The number of piperazine rings is 1. The lowest BCUT2D eigenvalue weighted by Crippen LogP contribution is -2.61. The molecule has 0 radical (unpaired) electrons. The summed E-state index contributed by atoms with van der Waals surface area (Å²) in [5, 5.41) is 3.18. The van der Waals surface area contributed by atoms with Crippen molar-refractivity contribution in [3.63, 3.8) is 0 Å². The van der Waals surface area contributed by atoms with E-state index >= 15 is 0 Å². The molecule has 1 saturated carbocycles. The number of carbonyl (C=O) groups excluding carboxylic acids is 1. The monoisotopic (exact) mass is 423 g/mol. The Balaban J connectivity index is 0.00000300. The molecule has 2 aliphatic rings. The Morgan fingerprint density at radius 1 is 1.07 bits per heavy atom. The van der Waals surface area contributed by atoms with Crippen molar-refractivity contribution in [3.8, 4) is 5.75 Å². The number of nitrogens with zero attached hydrogens (tertiary/aromatic N) is 2. The number of ether oxygens (including phenoxy) is 1. The Morgan fingerprint density at radius 3 is 2.28 bits per heavy atom. The van der Waals surface area contributed by atoms with Crippen LogP contribution < -0.4 is 10.1 Å². The van der Waals surface area contributed by atoms with Crippen molar-refractivity contribution in [1.82, 2.24) is 15.1 Å². The van der Waals surface area contributed by atoms with Crippen LogP contribution >= 0.6 is 12.4 Å². The minimum absolute atomic E-state index is 0. The van der Waals surface area contributed by atoms with Crippen LogP contribution in [0.1, 0.15) is 57.4 Å². The molecular formula is C23H38ClN3O2. The number of halogens is 1. The van der Waals surface area contributed by atoms with Crippen molar-refractivity contribution in [2.24, 2.45) is 0 Å². The zero-order valence-corrected chi connectivity index (χ0v) is 19.1. The largest absolute Gasteiger partial charge is 0.484 e. The highest BCUT2D eigenvalue weighted by molar-refractivity contribution is 5.85. The molecule has 1 aliphatic carbocycles. The van der Waals surface area contributed by atoms with Gasteiger partial charge >= 0.3 is 0 Å². The number of carbonyl (C=O) groups is 1. The number of hydrogen-bond donors (Lipinski definition) is 1. The van der Waals surface area contributed by atoms with Gasteiger partial charge in [-0.15, -0.1) is 12.4 Å². The minimum Gasteiger partial charge on any atom is -0.484 e. The Kier molecular flexibility index (Phi) is 9.25. The summed E-state index contributed by atoms with van der Waals surface area (Å²) in [6, 6.07) is 8.05. The molecule has 0 bridgehead atoms. The van der Waals surface area contributed by atoms with Crippen LogP contribution in [-0.4, -0.2) is 67.6 Å². The Bertz CT molecular complexity index is 622. The molecule has 1 amide bonds. The van der Waals surface area contributed by atoms with Gasteiger partial charge in [0.05, 0.1) is 0 Å². The van der Waals surface area contributed by atoms with Crippen LogP contribution in [0.4, 0.5) is 0 Å². The van der Waals surface area contributed by atoms with Crippen LogP contribution in [0, 0.1) is 0 Å². The third-order valence-corrected chi connectivity index (χ3v) is 6.49. The van der Waals surface area contributed by atoms with Gasteiger partial charge in [-0.25, -0.2) is 0 Å². The van der Waals surface area contributed by atoms with Gasteiger partial charge < -0.3 is 15.0 Å². The van der Waals surface area contributed by atoms with E-state index in [0.29, 0.717) is 5.92 Å². The molecule has 0 atom stereocenters. The summed E-state index contributed by atoms with van der Waals surface area (Å²) in [6.07, 6.45) is 6.23. The summed E-state index contributed by atoms with van der Waals surface area (Å²) in [5.41, 5.74) is 1.41. The highest BCUT2D eigenvalue weighted by Gasteiger charge is 2.39. The predicted molar refractivity (Wildman–Crippen MR) is 121 cm³/mol. The predicted octanol–water partition coefficient (Wildman–Crippen LogP) is 3.68. The highest BCUT2D eigenvalue weighted by Crippen LogP contribution is 2.34. The first-order valence-electron chi connectivity index (χ1n) is 10.9. The van der Waals surface area contributed by atoms with E-state index < -0.39 is 0 Å².